The normalized spacial score (nSPS) is 17.4. The van der Waals surface area contributed by atoms with Crippen molar-refractivity contribution >= 4 is 12.4 Å². The predicted octanol–water partition coefficient (Wildman–Crippen LogP) is 2.50. The number of aromatic hydroxyl groups is 3. The molecule has 21 heavy (non-hydrogen) atoms. The first-order valence-electron chi connectivity index (χ1n) is 6.70. The van der Waals surface area contributed by atoms with E-state index in [0.29, 0.717) is 6.54 Å². The fourth-order valence-electron chi connectivity index (χ4n) is 2.82. The Morgan fingerprint density at radius 3 is 2.38 bits per heavy atom. The molecule has 1 unspecified atom stereocenters. The van der Waals surface area contributed by atoms with Crippen molar-refractivity contribution in [2.75, 3.05) is 13.1 Å². The van der Waals surface area contributed by atoms with Crippen molar-refractivity contribution in [2.45, 2.75) is 12.3 Å². The molecule has 5 heteroatoms. The lowest BCUT2D eigenvalue weighted by atomic mass is 9.87. The lowest BCUT2D eigenvalue weighted by molar-refractivity contribution is 0.402. The van der Waals surface area contributed by atoms with E-state index in [1.807, 2.05) is 12.1 Å². The van der Waals surface area contributed by atoms with E-state index in [9.17, 15) is 15.3 Å². The van der Waals surface area contributed by atoms with E-state index >= 15 is 0 Å². The third kappa shape index (κ3) is 2.91. The second-order valence-electron chi connectivity index (χ2n) is 5.11. The van der Waals surface area contributed by atoms with E-state index in [-0.39, 0.29) is 35.6 Å². The van der Waals surface area contributed by atoms with Crippen LogP contribution in [0, 0.1) is 0 Å². The van der Waals surface area contributed by atoms with Gasteiger partial charge < -0.3 is 20.6 Å². The van der Waals surface area contributed by atoms with E-state index in [2.05, 4.69) is 5.32 Å². The van der Waals surface area contributed by atoms with Gasteiger partial charge in [-0.05, 0) is 42.3 Å². The molecule has 0 spiro atoms. The molecule has 0 saturated carbocycles. The topological polar surface area (TPSA) is 72.7 Å². The van der Waals surface area contributed by atoms with Gasteiger partial charge in [0.25, 0.3) is 0 Å². The van der Waals surface area contributed by atoms with E-state index in [4.69, 9.17) is 0 Å². The second-order valence-corrected chi connectivity index (χ2v) is 5.11. The summed E-state index contributed by atoms with van der Waals surface area (Å²) in [6.07, 6.45) is 0.785. The van der Waals surface area contributed by atoms with Crippen LogP contribution < -0.4 is 5.32 Å². The maximum Gasteiger partial charge on any atom is 0.157 e. The minimum atomic E-state index is -0.119. The quantitative estimate of drug-likeness (QED) is 0.611. The van der Waals surface area contributed by atoms with Crippen molar-refractivity contribution in [3.05, 3.63) is 53.1 Å². The van der Waals surface area contributed by atoms with Crippen molar-refractivity contribution in [1.29, 1.82) is 0 Å². The minimum Gasteiger partial charge on any atom is -0.508 e. The van der Waals surface area contributed by atoms with Crippen molar-refractivity contribution in [3.8, 4) is 17.2 Å². The molecule has 112 valence electrons. The number of hydrogen-bond donors (Lipinski definition) is 4. The van der Waals surface area contributed by atoms with Crippen molar-refractivity contribution in [1.82, 2.24) is 5.32 Å². The number of para-hydroxylation sites is 1. The average molecular weight is 308 g/mol. The first-order chi connectivity index (χ1) is 9.66. The third-order valence-electron chi connectivity index (χ3n) is 3.84. The molecule has 3 rings (SSSR count). The smallest absolute Gasteiger partial charge is 0.157 e. The predicted molar refractivity (Wildman–Crippen MR) is 83.5 cm³/mol. The standard InChI is InChI=1S/C16H17NO3.ClH/c18-14-4-2-1-3-11(14)13-9-17-6-5-10-7-15(19)16(20)8-12(10)13;/h1-4,7-8,13,17-20H,5-6,9H2;1H. The van der Waals surface area contributed by atoms with Gasteiger partial charge in [-0.3, -0.25) is 0 Å². The summed E-state index contributed by atoms with van der Waals surface area (Å²) in [7, 11) is 0. The summed E-state index contributed by atoms with van der Waals surface area (Å²) in [5.74, 6) is -0.00679. The molecule has 1 aliphatic heterocycles. The number of hydrogen-bond acceptors (Lipinski definition) is 4. The summed E-state index contributed by atoms with van der Waals surface area (Å²) in [6, 6.07) is 10.5. The van der Waals surface area contributed by atoms with E-state index in [0.717, 1.165) is 29.7 Å². The van der Waals surface area contributed by atoms with Crippen LogP contribution in [0.15, 0.2) is 36.4 Å². The SMILES string of the molecule is Cl.Oc1cc2c(cc1O)C(c1ccccc1O)CNCC2. The van der Waals surface area contributed by atoms with Crippen LogP contribution in [0.5, 0.6) is 17.2 Å². The molecule has 0 amide bonds. The summed E-state index contributed by atoms with van der Waals surface area (Å²) < 4.78 is 0. The maximum atomic E-state index is 10.1. The van der Waals surface area contributed by atoms with Crippen LogP contribution in [0.25, 0.3) is 0 Å². The Morgan fingerprint density at radius 1 is 0.905 bits per heavy atom. The number of benzene rings is 2. The molecule has 2 aromatic carbocycles. The molecule has 0 radical (unpaired) electrons. The molecular weight excluding hydrogens is 290 g/mol. The number of nitrogens with one attached hydrogen (secondary N) is 1. The molecule has 1 atom stereocenters. The molecule has 1 aliphatic rings. The monoisotopic (exact) mass is 307 g/mol. The van der Waals surface area contributed by atoms with E-state index < -0.39 is 0 Å². The summed E-state index contributed by atoms with van der Waals surface area (Å²) in [5, 5.41) is 32.8. The fourth-order valence-corrected chi connectivity index (χ4v) is 2.82. The highest BCUT2D eigenvalue weighted by Crippen LogP contribution is 2.38. The molecular formula is C16H18ClNO3. The molecule has 0 fully saturated rings. The molecule has 0 bridgehead atoms. The Bertz CT molecular complexity index is 645. The highest BCUT2D eigenvalue weighted by Gasteiger charge is 2.23. The van der Waals surface area contributed by atoms with Gasteiger partial charge in [0.05, 0.1) is 0 Å². The highest BCUT2D eigenvalue weighted by atomic mass is 35.5. The zero-order valence-electron chi connectivity index (χ0n) is 11.4. The van der Waals surface area contributed by atoms with Gasteiger partial charge in [-0.2, -0.15) is 0 Å². The van der Waals surface area contributed by atoms with E-state index in [1.54, 1.807) is 24.3 Å². The molecule has 1 heterocycles. The second kappa shape index (κ2) is 6.24. The maximum absolute atomic E-state index is 10.1. The van der Waals surface area contributed by atoms with Crippen LogP contribution in [-0.2, 0) is 6.42 Å². The van der Waals surface area contributed by atoms with Gasteiger partial charge in [0.15, 0.2) is 11.5 Å². The Balaban J connectivity index is 0.00000161. The summed E-state index contributed by atoms with van der Waals surface area (Å²) in [5.41, 5.74) is 2.78. The number of fused-ring (bicyclic) bond motifs is 1. The van der Waals surface area contributed by atoms with Gasteiger partial charge in [0, 0.05) is 18.0 Å². The average Bonchev–Trinajstić information content (AvgIpc) is 2.63. The highest BCUT2D eigenvalue weighted by molar-refractivity contribution is 5.85. The van der Waals surface area contributed by atoms with Crippen LogP contribution in [0.2, 0.25) is 0 Å². The molecule has 4 nitrogen and oxygen atoms in total. The summed E-state index contributed by atoms with van der Waals surface area (Å²) in [6.45, 7) is 1.50. The van der Waals surface area contributed by atoms with Crippen LogP contribution in [-0.4, -0.2) is 28.4 Å². The van der Waals surface area contributed by atoms with Crippen LogP contribution in [0.4, 0.5) is 0 Å². The van der Waals surface area contributed by atoms with Crippen molar-refractivity contribution in [2.24, 2.45) is 0 Å². The number of phenolic OH excluding ortho intramolecular Hbond substituents is 3. The van der Waals surface area contributed by atoms with Gasteiger partial charge in [0.2, 0.25) is 0 Å². The van der Waals surface area contributed by atoms with Gasteiger partial charge in [-0.25, -0.2) is 0 Å². The largest absolute Gasteiger partial charge is 0.508 e. The van der Waals surface area contributed by atoms with Crippen LogP contribution in [0.1, 0.15) is 22.6 Å². The summed E-state index contributed by atoms with van der Waals surface area (Å²) in [4.78, 5) is 0. The number of rotatable bonds is 1. The molecule has 0 aliphatic carbocycles. The lowest BCUT2D eigenvalue weighted by Crippen LogP contribution is -2.20. The van der Waals surface area contributed by atoms with Gasteiger partial charge in [-0.15, -0.1) is 12.4 Å². The molecule has 2 aromatic rings. The Hall–Kier alpha value is -1.91. The Labute approximate surface area is 129 Å². The van der Waals surface area contributed by atoms with Crippen molar-refractivity contribution < 1.29 is 15.3 Å². The molecule has 4 N–H and O–H groups in total. The minimum absolute atomic E-state index is 0. The first kappa shape index (κ1) is 15.5. The fraction of sp³-hybridized carbons (Fsp3) is 0.250. The Morgan fingerprint density at radius 2 is 1.62 bits per heavy atom. The Kier molecular flexibility index (Phi) is 4.60. The number of phenols is 3. The van der Waals surface area contributed by atoms with Gasteiger partial charge in [-0.1, -0.05) is 18.2 Å². The number of halogens is 1. The first-order valence-corrected chi connectivity index (χ1v) is 6.70. The van der Waals surface area contributed by atoms with E-state index in [1.165, 1.54) is 0 Å². The zero-order chi connectivity index (χ0) is 14.1. The van der Waals surface area contributed by atoms with Crippen molar-refractivity contribution in [3.63, 3.8) is 0 Å². The lowest BCUT2D eigenvalue weighted by Gasteiger charge is -2.19. The van der Waals surface area contributed by atoms with Crippen LogP contribution in [0.3, 0.4) is 0 Å². The molecule has 0 saturated heterocycles. The van der Waals surface area contributed by atoms with Gasteiger partial charge in [0.1, 0.15) is 5.75 Å². The molecule has 0 aromatic heterocycles. The zero-order valence-corrected chi connectivity index (χ0v) is 12.2. The van der Waals surface area contributed by atoms with Crippen LogP contribution >= 0.6 is 12.4 Å². The summed E-state index contributed by atoms with van der Waals surface area (Å²) >= 11 is 0. The van der Waals surface area contributed by atoms with Gasteiger partial charge >= 0.3 is 0 Å². The third-order valence-corrected chi connectivity index (χ3v) is 3.84.